The minimum atomic E-state index is -3.71. The average Bonchev–Trinajstić information content (AvgIpc) is 2.76. The molecule has 0 fully saturated rings. The summed E-state index contributed by atoms with van der Waals surface area (Å²) in [6.07, 6.45) is 2.33. The van der Waals surface area contributed by atoms with E-state index in [0.29, 0.717) is 17.0 Å². The lowest BCUT2D eigenvalue weighted by Crippen LogP contribution is -2.24. The smallest absolute Gasteiger partial charge is 0.243 e. The van der Waals surface area contributed by atoms with Gasteiger partial charge in [0.1, 0.15) is 10.7 Å². The molecule has 0 atom stereocenters. The summed E-state index contributed by atoms with van der Waals surface area (Å²) in [6.45, 7) is 3.54. The molecule has 20 heavy (non-hydrogen) atoms. The number of aromatic nitrogens is 3. The van der Waals surface area contributed by atoms with E-state index in [1.54, 1.807) is 13.8 Å². The zero-order chi connectivity index (χ0) is 14.8. The number of anilines is 1. The Balaban J connectivity index is 2.15. The SMILES string of the molecule is Cc1noc(C)c1CNS(=O)(=O)c1cnc(NN)nc1. The second-order valence-electron chi connectivity index (χ2n) is 4.01. The number of rotatable bonds is 5. The number of nitrogen functional groups attached to an aromatic ring is 1. The van der Waals surface area contributed by atoms with Gasteiger partial charge in [0.25, 0.3) is 0 Å². The Kier molecular flexibility index (Phi) is 3.97. The van der Waals surface area contributed by atoms with E-state index in [-0.39, 0.29) is 17.4 Å². The zero-order valence-corrected chi connectivity index (χ0v) is 11.7. The lowest BCUT2D eigenvalue weighted by atomic mass is 10.2. The monoisotopic (exact) mass is 298 g/mol. The van der Waals surface area contributed by atoms with Gasteiger partial charge in [0.15, 0.2) is 0 Å². The summed E-state index contributed by atoms with van der Waals surface area (Å²) in [5.74, 6) is 5.81. The topological polar surface area (TPSA) is 136 Å². The molecule has 0 saturated carbocycles. The van der Waals surface area contributed by atoms with Crippen LogP contribution >= 0.6 is 0 Å². The number of hydrogen-bond donors (Lipinski definition) is 3. The van der Waals surface area contributed by atoms with Crippen LogP contribution in [0.3, 0.4) is 0 Å². The van der Waals surface area contributed by atoms with Crippen molar-refractivity contribution >= 4 is 16.0 Å². The Morgan fingerprint density at radius 3 is 2.45 bits per heavy atom. The van der Waals surface area contributed by atoms with Gasteiger partial charge in [0, 0.05) is 12.1 Å². The summed E-state index contributed by atoms with van der Waals surface area (Å²) in [4.78, 5) is 7.44. The molecule has 0 spiro atoms. The molecule has 0 aliphatic carbocycles. The quantitative estimate of drug-likeness (QED) is 0.512. The number of hydrogen-bond acceptors (Lipinski definition) is 8. The zero-order valence-electron chi connectivity index (χ0n) is 10.9. The largest absolute Gasteiger partial charge is 0.361 e. The number of aryl methyl sites for hydroxylation is 2. The van der Waals surface area contributed by atoms with Gasteiger partial charge in [0.05, 0.1) is 18.1 Å². The van der Waals surface area contributed by atoms with Crippen molar-refractivity contribution in [3.05, 3.63) is 29.4 Å². The first-order valence-corrected chi connectivity index (χ1v) is 7.12. The Bertz CT molecular complexity index is 675. The summed E-state index contributed by atoms with van der Waals surface area (Å²) in [7, 11) is -3.71. The van der Waals surface area contributed by atoms with Crippen molar-refractivity contribution in [1.29, 1.82) is 0 Å². The van der Waals surface area contributed by atoms with Crippen LogP contribution in [-0.4, -0.2) is 23.5 Å². The third-order valence-electron chi connectivity index (χ3n) is 2.69. The lowest BCUT2D eigenvalue weighted by molar-refractivity contribution is 0.392. The van der Waals surface area contributed by atoms with Crippen molar-refractivity contribution in [2.45, 2.75) is 25.3 Å². The summed E-state index contributed by atoms with van der Waals surface area (Å²) >= 11 is 0. The molecule has 0 aromatic carbocycles. The molecule has 0 amide bonds. The van der Waals surface area contributed by atoms with Crippen molar-refractivity contribution in [2.24, 2.45) is 5.84 Å². The van der Waals surface area contributed by atoms with Crippen LogP contribution in [0.25, 0.3) is 0 Å². The van der Waals surface area contributed by atoms with Crippen molar-refractivity contribution in [3.8, 4) is 0 Å². The molecule has 0 saturated heterocycles. The highest BCUT2D eigenvalue weighted by Gasteiger charge is 2.17. The molecule has 108 valence electrons. The standard InChI is InChI=1S/C10H14N6O3S/c1-6-9(7(2)19-16-6)5-14-20(17,18)8-3-12-10(15-11)13-4-8/h3-4,14H,5,11H2,1-2H3,(H,12,13,15). The van der Waals surface area contributed by atoms with Gasteiger partial charge < -0.3 is 4.52 Å². The van der Waals surface area contributed by atoms with Crippen LogP contribution in [0.4, 0.5) is 5.95 Å². The Labute approximate surface area is 115 Å². The predicted molar refractivity (Wildman–Crippen MR) is 69.8 cm³/mol. The number of nitrogens with two attached hydrogens (primary N) is 1. The first-order chi connectivity index (χ1) is 9.44. The Morgan fingerprint density at radius 2 is 1.95 bits per heavy atom. The van der Waals surface area contributed by atoms with E-state index in [1.807, 2.05) is 0 Å². The van der Waals surface area contributed by atoms with E-state index in [1.165, 1.54) is 0 Å². The van der Waals surface area contributed by atoms with E-state index in [2.05, 4.69) is 25.3 Å². The Hall–Kier alpha value is -2.04. The molecule has 2 aromatic heterocycles. The molecular weight excluding hydrogens is 284 g/mol. The molecule has 2 aromatic rings. The highest BCUT2D eigenvalue weighted by Crippen LogP contribution is 2.13. The van der Waals surface area contributed by atoms with Crippen molar-refractivity contribution in [3.63, 3.8) is 0 Å². The van der Waals surface area contributed by atoms with Gasteiger partial charge in [-0.05, 0) is 13.8 Å². The number of nitrogens with zero attached hydrogens (tertiary/aromatic N) is 3. The molecule has 10 heteroatoms. The number of sulfonamides is 1. The van der Waals surface area contributed by atoms with Gasteiger partial charge in [-0.3, -0.25) is 5.43 Å². The molecule has 0 bridgehead atoms. The van der Waals surface area contributed by atoms with Crippen LogP contribution in [0.1, 0.15) is 17.0 Å². The van der Waals surface area contributed by atoms with Crippen molar-refractivity contribution < 1.29 is 12.9 Å². The third-order valence-corrected chi connectivity index (χ3v) is 4.04. The van der Waals surface area contributed by atoms with Crippen LogP contribution < -0.4 is 16.0 Å². The van der Waals surface area contributed by atoms with Crippen LogP contribution in [0.2, 0.25) is 0 Å². The van der Waals surface area contributed by atoms with Gasteiger partial charge in [-0.15, -0.1) is 0 Å². The first kappa shape index (κ1) is 14.4. The molecule has 0 unspecified atom stereocenters. The molecule has 0 aliphatic heterocycles. The van der Waals surface area contributed by atoms with E-state index < -0.39 is 10.0 Å². The minimum absolute atomic E-state index is 0.0525. The molecule has 0 radical (unpaired) electrons. The lowest BCUT2D eigenvalue weighted by Gasteiger charge is -2.06. The fourth-order valence-electron chi connectivity index (χ4n) is 1.53. The molecule has 2 heterocycles. The average molecular weight is 298 g/mol. The molecule has 2 rings (SSSR count). The molecule has 9 nitrogen and oxygen atoms in total. The van der Waals surface area contributed by atoms with Gasteiger partial charge in [0.2, 0.25) is 16.0 Å². The van der Waals surface area contributed by atoms with Gasteiger partial charge in [-0.1, -0.05) is 5.16 Å². The second kappa shape index (κ2) is 5.53. The van der Waals surface area contributed by atoms with Crippen molar-refractivity contribution in [1.82, 2.24) is 19.8 Å². The van der Waals surface area contributed by atoms with Gasteiger partial charge >= 0.3 is 0 Å². The summed E-state index contributed by atoms with van der Waals surface area (Å²) < 4.78 is 31.5. The number of nitrogens with one attached hydrogen (secondary N) is 2. The number of hydrazine groups is 1. The fourth-order valence-corrected chi connectivity index (χ4v) is 2.42. The maximum Gasteiger partial charge on any atom is 0.243 e. The normalized spacial score (nSPS) is 11.6. The highest BCUT2D eigenvalue weighted by molar-refractivity contribution is 7.89. The molecule has 0 aliphatic rings. The van der Waals surface area contributed by atoms with Crippen LogP contribution in [0.5, 0.6) is 0 Å². The Morgan fingerprint density at radius 1 is 1.30 bits per heavy atom. The summed E-state index contributed by atoms with van der Waals surface area (Å²) in [5.41, 5.74) is 3.56. The van der Waals surface area contributed by atoms with Crippen LogP contribution in [0, 0.1) is 13.8 Å². The van der Waals surface area contributed by atoms with E-state index in [9.17, 15) is 8.42 Å². The van der Waals surface area contributed by atoms with E-state index in [0.717, 1.165) is 12.4 Å². The van der Waals surface area contributed by atoms with Crippen LogP contribution in [0.15, 0.2) is 21.8 Å². The third kappa shape index (κ3) is 2.92. The highest BCUT2D eigenvalue weighted by atomic mass is 32.2. The predicted octanol–water partition coefficient (Wildman–Crippen LogP) is -0.154. The maximum atomic E-state index is 12.1. The molecular formula is C10H14N6O3S. The van der Waals surface area contributed by atoms with Gasteiger partial charge in [-0.2, -0.15) is 0 Å². The second-order valence-corrected chi connectivity index (χ2v) is 5.78. The molecule has 4 N–H and O–H groups in total. The van der Waals surface area contributed by atoms with E-state index in [4.69, 9.17) is 10.4 Å². The van der Waals surface area contributed by atoms with Crippen molar-refractivity contribution in [2.75, 3.05) is 5.43 Å². The first-order valence-electron chi connectivity index (χ1n) is 5.64. The minimum Gasteiger partial charge on any atom is -0.361 e. The summed E-state index contributed by atoms with van der Waals surface area (Å²) in [5, 5.41) is 3.76. The van der Waals surface area contributed by atoms with Gasteiger partial charge in [-0.25, -0.2) is 29.0 Å². The summed E-state index contributed by atoms with van der Waals surface area (Å²) in [6, 6.07) is 0. The maximum absolute atomic E-state index is 12.1. The van der Waals surface area contributed by atoms with E-state index >= 15 is 0 Å². The fraction of sp³-hybridized carbons (Fsp3) is 0.300. The van der Waals surface area contributed by atoms with Crippen LogP contribution in [-0.2, 0) is 16.6 Å².